The van der Waals surface area contributed by atoms with Crippen molar-refractivity contribution < 1.29 is 0 Å². The van der Waals surface area contributed by atoms with Gasteiger partial charge >= 0.3 is 0 Å². The van der Waals surface area contributed by atoms with Crippen LogP contribution in [-0.2, 0) is 41.0 Å². The van der Waals surface area contributed by atoms with E-state index < -0.39 is 0 Å². The number of aromatic nitrogens is 4. The van der Waals surface area contributed by atoms with Crippen LogP contribution in [0.4, 0.5) is 0 Å². The molecular formula is C81H88N4. The van der Waals surface area contributed by atoms with Crippen molar-refractivity contribution in [1.29, 1.82) is 0 Å². The molecule has 85 heavy (non-hydrogen) atoms. The maximum absolute atomic E-state index is 2.24. The highest BCUT2D eigenvalue weighted by Crippen LogP contribution is 2.36. The molecule has 4 heterocycles. The lowest BCUT2D eigenvalue weighted by atomic mass is 10.1. The Labute approximate surface area is 506 Å². The molecule has 4 heteroatoms. The van der Waals surface area contributed by atoms with Gasteiger partial charge < -0.3 is 18.3 Å². The molecule has 1 aliphatic carbocycles. The predicted molar refractivity (Wildman–Crippen MR) is 378 cm³/mol. The van der Waals surface area contributed by atoms with Crippen molar-refractivity contribution in [2.75, 3.05) is 0 Å². The first-order chi connectivity index (χ1) is 41.3. The molecule has 4 aromatic heterocycles. The van der Waals surface area contributed by atoms with Crippen LogP contribution in [0, 0.1) is 6.92 Å². The minimum Gasteiger partial charge on any atom is -0.344 e. The summed E-state index contributed by atoms with van der Waals surface area (Å²) in [5.74, 6) is 0. The Balaban J connectivity index is 0.000000144. The van der Waals surface area contributed by atoms with Crippen LogP contribution in [0.1, 0.15) is 78.1 Å². The summed E-state index contributed by atoms with van der Waals surface area (Å²) in [6.45, 7) is 16.3. The van der Waals surface area contributed by atoms with E-state index in [-0.39, 0.29) is 7.43 Å². The van der Waals surface area contributed by atoms with E-state index in [1.54, 1.807) is 0 Å². The summed E-state index contributed by atoms with van der Waals surface area (Å²) < 4.78 is 8.96. The average molecular weight is 1120 g/mol. The minimum absolute atomic E-state index is 0. The molecule has 0 atom stereocenters. The number of nitrogens with zero attached hydrogens (tertiary/aromatic N) is 4. The SMILES string of the molecule is C.CC.CC.CC.CCc1ccccc1C.Cn1c2ccccc2c2ccccc21.Cn1c2ccccc2c2ccccc21.Cn1c2ccccc2c2ccccc21.Cn1c2ccccc2c2ccccc21.c1ccc2c(c1)Cc1ccccc1-2. The molecule has 432 valence electrons. The number of fused-ring (bicyclic) bond motifs is 15. The monoisotopic (exact) mass is 1120 g/mol. The lowest BCUT2D eigenvalue weighted by Crippen LogP contribution is -1.84. The third-order valence-electron chi connectivity index (χ3n) is 15.6. The molecular weight excluding hydrogens is 1030 g/mol. The van der Waals surface area contributed by atoms with Crippen LogP contribution in [0.3, 0.4) is 0 Å². The van der Waals surface area contributed by atoms with Gasteiger partial charge in [-0.15, -0.1) is 0 Å². The predicted octanol–water partition coefficient (Wildman–Crippen LogP) is 22.9. The van der Waals surface area contributed by atoms with E-state index in [0.717, 1.165) is 12.8 Å². The van der Waals surface area contributed by atoms with Gasteiger partial charge in [-0.25, -0.2) is 0 Å². The average Bonchev–Trinajstić information content (AvgIpc) is 2.47. The maximum Gasteiger partial charge on any atom is 0.0488 e. The Bertz CT molecular complexity index is 3830. The van der Waals surface area contributed by atoms with Crippen LogP contribution in [0.5, 0.6) is 0 Å². The summed E-state index contributed by atoms with van der Waals surface area (Å²) in [6.07, 6.45) is 2.25. The summed E-state index contributed by atoms with van der Waals surface area (Å²) >= 11 is 0. The second-order valence-corrected chi connectivity index (χ2v) is 20.1. The molecule has 16 rings (SSSR count). The molecule has 0 bridgehead atoms. The standard InChI is InChI=1S/4C13H11N.C13H10.C9H12.3C2H6.CH4/c4*1-14-12-8-4-2-6-10(12)11-7-3-5-9-13(11)14;1-3-7-12-10(5-1)9-11-6-2-4-8-13(11)12;1-3-9-7-5-4-6-8(9)2;3*1-2;/h4*2-9H,1H3;1-8H,9H2;4-7H,3H2,1-2H3;3*1-2H3;1H4. The summed E-state index contributed by atoms with van der Waals surface area (Å²) in [5, 5.41) is 10.7. The first-order valence-corrected chi connectivity index (χ1v) is 30.2. The van der Waals surface area contributed by atoms with Gasteiger partial charge in [-0.05, 0) is 102 Å². The van der Waals surface area contributed by atoms with E-state index in [9.17, 15) is 0 Å². The first kappa shape index (κ1) is 63.2. The highest BCUT2D eigenvalue weighted by atomic mass is 14.9. The Hall–Kier alpha value is -9.38. The van der Waals surface area contributed by atoms with E-state index in [4.69, 9.17) is 0 Å². The van der Waals surface area contributed by atoms with Crippen molar-refractivity contribution in [2.24, 2.45) is 28.2 Å². The van der Waals surface area contributed by atoms with Gasteiger partial charge in [0.05, 0.1) is 0 Å². The zero-order valence-corrected chi connectivity index (χ0v) is 51.6. The van der Waals surface area contributed by atoms with Crippen molar-refractivity contribution in [1.82, 2.24) is 18.3 Å². The Kier molecular flexibility index (Phi) is 22.9. The molecule has 0 amide bonds. The van der Waals surface area contributed by atoms with E-state index in [2.05, 4.69) is 327 Å². The second kappa shape index (κ2) is 30.8. The van der Waals surface area contributed by atoms with Gasteiger partial charge in [-0.2, -0.15) is 0 Å². The number of hydrogen-bond acceptors (Lipinski definition) is 0. The molecule has 0 spiro atoms. The third-order valence-corrected chi connectivity index (χ3v) is 15.6. The Morgan fingerprint density at radius 3 is 0.659 bits per heavy atom. The molecule has 4 nitrogen and oxygen atoms in total. The van der Waals surface area contributed by atoms with Gasteiger partial charge in [0.1, 0.15) is 0 Å². The maximum atomic E-state index is 2.24. The van der Waals surface area contributed by atoms with Gasteiger partial charge in [0.2, 0.25) is 0 Å². The summed E-state index contributed by atoms with van der Waals surface area (Å²) in [7, 11) is 8.46. The molecule has 0 N–H and O–H groups in total. The number of rotatable bonds is 1. The second-order valence-electron chi connectivity index (χ2n) is 20.1. The van der Waals surface area contributed by atoms with Crippen molar-refractivity contribution in [2.45, 2.75) is 75.7 Å². The van der Waals surface area contributed by atoms with Crippen LogP contribution in [-0.4, -0.2) is 18.3 Å². The molecule has 0 fully saturated rings. The Morgan fingerprint density at radius 1 is 0.259 bits per heavy atom. The van der Waals surface area contributed by atoms with Crippen LogP contribution < -0.4 is 0 Å². The van der Waals surface area contributed by atoms with Crippen molar-refractivity contribution in [3.8, 4) is 11.1 Å². The fourth-order valence-corrected chi connectivity index (χ4v) is 11.6. The summed E-state index contributed by atoms with van der Waals surface area (Å²) in [4.78, 5) is 0. The molecule has 0 saturated carbocycles. The van der Waals surface area contributed by atoms with E-state index in [0.29, 0.717) is 0 Å². The zero-order valence-electron chi connectivity index (χ0n) is 51.6. The van der Waals surface area contributed by atoms with Gasteiger partial charge in [0.15, 0.2) is 0 Å². The lowest BCUT2D eigenvalue weighted by Gasteiger charge is -1.98. The van der Waals surface area contributed by atoms with Crippen molar-refractivity contribution in [3.05, 3.63) is 289 Å². The largest absolute Gasteiger partial charge is 0.344 e. The fraction of sp³-hybridized carbons (Fsp3) is 0.185. The Morgan fingerprint density at radius 2 is 0.447 bits per heavy atom. The van der Waals surface area contributed by atoms with Crippen molar-refractivity contribution in [3.63, 3.8) is 0 Å². The first-order valence-electron chi connectivity index (χ1n) is 30.2. The fourth-order valence-electron chi connectivity index (χ4n) is 11.6. The number of hydrogen-bond donors (Lipinski definition) is 0. The number of aryl methyl sites for hydroxylation is 6. The van der Waals surface area contributed by atoms with Crippen LogP contribution in [0.2, 0.25) is 0 Å². The van der Waals surface area contributed by atoms with Gasteiger partial charge in [-0.3, -0.25) is 0 Å². The van der Waals surface area contributed by atoms with Gasteiger partial charge in [0, 0.05) is 115 Å². The van der Waals surface area contributed by atoms with Crippen LogP contribution in [0.15, 0.2) is 267 Å². The molecule has 11 aromatic carbocycles. The van der Waals surface area contributed by atoms with Crippen LogP contribution >= 0.6 is 0 Å². The molecule has 15 aromatic rings. The van der Waals surface area contributed by atoms with Crippen LogP contribution in [0.25, 0.3) is 98.4 Å². The number of para-hydroxylation sites is 8. The molecule has 1 aliphatic rings. The van der Waals surface area contributed by atoms with Crippen molar-refractivity contribution >= 4 is 87.2 Å². The van der Waals surface area contributed by atoms with E-state index in [1.165, 1.54) is 121 Å². The topological polar surface area (TPSA) is 19.7 Å². The molecule has 0 radical (unpaired) electrons. The number of benzene rings is 11. The van der Waals surface area contributed by atoms with E-state index >= 15 is 0 Å². The highest BCUT2D eigenvalue weighted by Gasteiger charge is 2.16. The van der Waals surface area contributed by atoms with Gasteiger partial charge in [-0.1, -0.05) is 274 Å². The normalized spacial score (nSPS) is 10.5. The van der Waals surface area contributed by atoms with Gasteiger partial charge in [0.25, 0.3) is 0 Å². The smallest absolute Gasteiger partial charge is 0.0488 e. The zero-order chi connectivity index (χ0) is 59.5. The molecule has 0 unspecified atom stereocenters. The highest BCUT2D eigenvalue weighted by molar-refractivity contribution is 6.10. The quantitative estimate of drug-likeness (QED) is 0.156. The minimum atomic E-state index is 0. The summed E-state index contributed by atoms with van der Waals surface area (Å²) in [5.41, 5.74) is 19.0. The van der Waals surface area contributed by atoms with E-state index in [1.807, 2.05) is 41.5 Å². The summed E-state index contributed by atoms with van der Waals surface area (Å²) in [6, 6.07) is 93.9. The molecule has 0 saturated heterocycles. The molecule has 0 aliphatic heterocycles. The lowest BCUT2D eigenvalue weighted by molar-refractivity contribution is 1.01. The third kappa shape index (κ3) is 13.7.